The molecular weight excluding hydrogens is 317 g/mol. The second-order valence-electron chi connectivity index (χ2n) is 4.23. The average molecular weight is 332 g/mol. The predicted molar refractivity (Wildman–Crippen MR) is 84.9 cm³/mol. The van der Waals surface area contributed by atoms with E-state index in [1.54, 1.807) is 29.5 Å². The Morgan fingerprint density at radius 2 is 1.95 bits per heavy atom. The molecule has 2 rings (SSSR count). The number of nitrogens with one attached hydrogen (secondary N) is 1. The van der Waals surface area contributed by atoms with Crippen molar-refractivity contribution < 1.29 is 9.84 Å². The van der Waals surface area contributed by atoms with Crippen molar-refractivity contribution in [1.29, 1.82) is 0 Å². The summed E-state index contributed by atoms with van der Waals surface area (Å²) in [4.78, 5) is 1.14. The van der Waals surface area contributed by atoms with Crippen LogP contribution in [0.2, 0.25) is 10.0 Å². The van der Waals surface area contributed by atoms with Crippen LogP contribution in [0.1, 0.15) is 4.88 Å². The van der Waals surface area contributed by atoms with Gasteiger partial charge >= 0.3 is 0 Å². The Morgan fingerprint density at radius 3 is 2.60 bits per heavy atom. The molecule has 20 heavy (non-hydrogen) atoms. The molecule has 6 heteroatoms. The molecule has 0 radical (unpaired) electrons. The van der Waals surface area contributed by atoms with Gasteiger partial charge in [0.05, 0.1) is 35.1 Å². The minimum Gasteiger partial charge on any atom is -0.389 e. The smallest absolute Gasteiger partial charge is 0.0945 e. The zero-order valence-electron chi connectivity index (χ0n) is 10.7. The fraction of sp³-hybridized carbons (Fsp3) is 0.286. The lowest BCUT2D eigenvalue weighted by Crippen LogP contribution is -2.24. The first-order chi connectivity index (χ1) is 9.66. The summed E-state index contributed by atoms with van der Waals surface area (Å²) in [5.74, 6) is 0. The first kappa shape index (κ1) is 15.6. The zero-order valence-corrected chi connectivity index (χ0v) is 13.0. The molecule has 0 fully saturated rings. The van der Waals surface area contributed by atoms with Crippen molar-refractivity contribution >= 4 is 40.2 Å². The second-order valence-corrected chi connectivity index (χ2v) is 6.07. The van der Waals surface area contributed by atoms with Gasteiger partial charge in [-0.2, -0.15) is 0 Å². The van der Waals surface area contributed by atoms with E-state index in [1.807, 2.05) is 17.5 Å². The molecule has 2 N–H and O–H groups in total. The van der Waals surface area contributed by atoms with Gasteiger partial charge in [0.15, 0.2) is 0 Å². The standard InChI is InChI=1S/C14H15Cl2NO2S/c15-12-4-1-5-13(16)14(12)17-7-10(18)8-19-9-11-3-2-6-20-11/h1-6,10,17-18H,7-9H2. The zero-order chi connectivity index (χ0) is 14.4. The van der Waals surface area contributed by atoms with Crippen LogP contribution < -0.4 is 5.32 Å². The summed E-state index contributed by atoms with van der Waals surface area (Å²) in [5.41, 5.74) is 0.633. The van der Waals surface area contributed by atoms with Crippen LogP contribution in [-0.2, 0) is 11.3 Å². The summed E-state index contributed by atoms with van der Waals surface area (Å²) in [7, 11) is 0. The number of ether oxygens (including phenoxy) is 1. The van der Waals surface area contributed by atoms with Gasteiger partial charge in [0.2, 0.25) is 0 Å². The normalized spacial score (nSPS) is 12.3. The summed E-state index contributed by atoms with van der Waals surface area (Å²) < 4.78 is 5.44. The van der Waals surface area contributed by atoms with Crippen LogP contribution in [-0.4, -0.2) is 24.4 Å². The number of thiophene rings is 1. The van der Waals surface area contributed by atoms with Gasteiger partial charge in [-0.05, 0) is 23.6 Å². The number of hydrogen-bond acceptors (Lipinski definition) is 4. The van der Waals surface area contributed by atoms with Gasteiger partial charge in [-0.1, -0.05) is 35.3 Å². The van der Waals surface area contributed by atoms with Crippen LogP contribution in [0, 0.1) is 0 Å². The van der Waals surface area contributed by atoms with Crippen molar-refractivity contribution in [2.75, 3.05) is 18.5 Å². The summed E-state index contributed by atoms with van der Waals surface area (Å²) in [6.07, 6.45) is -0.623. The second kappa shape index (κ2) is 7.86. The summed E-state index contributed by atoms with van der Waals surface area (Å²) in [6.45, 7) is 1.10. The van der Waals surface area contributed by atoms with Gasteiger partial charge < -0.3 is 15.2 Å². The van der Waals surface area contributed by atoms with Crippen LogP contribution in [0.5, 0.6) is 0 Å². The van der Waals surface area contributed by atoms with Crippen LogP contribution in [0.3, 0.4) is 0 Å². The monoisotopic (exact) mass is 331 g/mol. The number of anilines is 1. The van der Waals surface area contributed by atoms with Gasteiger partial charge in [-0.25, -0.2) is 0 Å². The first-order valence-corrected chi connectivity index (χ1v) is 7.76. The molecule has 1 aromatic heterocycles. The van der Waals surface area contributed by atoms with E-state index in [2.05, 4.69) is 5.32 Å². The third-order valence-electron chi connectivity index (χ3n) is 2.61. The van der Waals surface area contributed by atoms with Crippen molar-refractivity contribution in [2.45, 2.75) is 12.7 Å². The van der Waals surface area contributed by atoms with E-state index in [0.29, 0.717) is 28.9 Å². The molecule has 1 aromatic carbocycles. The number of aliphatic hydroxyl groups is 1. The predicted octanol–water partition coefficient (Wildman–Crippen LogP) is 4.04. The van der Waals surface area contributed by atoms with E-state index in [4.69, 9.17) is 27.9 Å². The molecule has 0 aliphatic carbocycles. The molecule has 3 nitrogen and oxygen atoms in total. The van der Waals surface area contributed by atoms with Crippen LogP contribution in [0.15, 0.2) is 35.7 Å². The first-order valence-electron chi connectivity index (χ1n) is 6.13. The Balaban J connectivity index is 1.73. The number of rotatable bonds is 7. The minimum absolute atomic E-state index is 0.257. The number of para-hydroxylation sites is 1. The highest BCUT2D eigenvalue weighted by Gasteiger charge is 2.09. The molecule has 0 aliphatic heterocycles. The molecule has 2 aromatic rings. The molecule has 0 spiro atoms. The molecule has 0 bridgehead atoms. The van der Waals surface area contributed by atoms with Crippen molar-refractivity contribution in [3.8, 4) is 0 Å². The minimum atomic E-state index is -0.623. The maximum atomic E-state index is 9.85. The van der Waals surface area contributed by atoms with Gasteiger partial charge in [0.25, 0.3) is 0 Å². The van der Waals surface area contributed by atoms with Gasteiger partial charge in [-0.3, -0.25) is 0 Å². The van der Waals surface area contributed by atoms with E-state index in [9.17, 15) is 5.11 Å². The number of benzene rings is 1. The molecule has 1 unspecified atom stereocenters. The van der Waals surface area contributed by atoms with E-state index in [0.717, 1.165) is 4.88 Å². The van der Waals surface area contributed by atoms with Crippen molar-refractivity contribution in [1.82, 2.24) is 0 Å². The fourth-order valence-electron chi connectivity index (χ4n) is 1.64. The van der Waals surface area contributed by atoms with E-state index in [1.165, 1.54) is 0 Å². The largest absolute Gasteiger partial charge is 0.389 e. The van der Waals surface area contributed by atoms with E-state index >= 15 is 0 Å². The maximum Gasteiger partial charge on any atom is 0.0945 e. The molecule has 1 atom stereocenters. The third kappa shape index (κ3) is 4.65. The molecule has 0 aliphatic rings. The van der Waals surface area contributed by atoms with Crippen LogP contribution in [0.25, 0.3) is 0 Å². The van der Waals surface area contributed by atoms with Crippen molar-refractivity contribution in [3.63, 3.8) is 0 Å². The highest BCUT2D eigenvalue weighted by Crippen LogP contribution is 2.29. The fourth-order valence-corrected chi connectivity index (χ4v) is 2.81. The molecule has 1 heterocycles. The Bertz CT molecular complexity index is 514. The van der Waals surface area contributed by atoms with Crippen LogP contribution in [0.4, 0.5) is 5.69 Å². The van der Waals surface area contributed by atoms with Gasteiger partial charge in [-0.15, -0.1) is 11.3 Å². The summed E-state index contributed by atoms with van der Waals surface area (Å²) >= 11 is 13.7. The molecule has 0 amide bonds. The van der Waals surface area contributed by atoms with Gasteiger partial charge in [0.1, 0.15) is 0 Å². The average Bonchev–Trinajstić information content (AvgIpc) is 2.91. The topological polar surface area (TPSA) is 41.5 Å². The summed E-state index contributed by atoms with van der Waals surface area (Å²) in [5, 5.41) is 15.9. The Kier molecular flexibility index (Phi) is 6.13. The molecular formula is C14H15Cl2NO2S. The van der Waals surface area contributed by atoms with E-state index < -0.39 is 6.10 Å². The number of hydrogen-bond donors (Lipinski definition) is 2. The quantitative estimate of drug-likeness (QED) is 0.804. The van der Waals surface area contributed by atoms with E-state index in [-0.39, 0.29) is 6.61 Å². The molecule has 108 valence electrons. The van der Waals surface area contributed by atoms with Crippen LogP contribution >= 0.6 is 34.5 Å². The highest BCUT2D eigenvalue weighted by atomic mass is 35.5. The number of aliphatic hydroxyl groups excluding tert-OH is 1. The summed E-state index contributed by atoms with van der Waals surface area (Å²) in [6, 6.07) is 9.24. The van der Waals surface area contributed by atoms with Crippen molar-refractivity contribution in [2.24, 2.45) is 0 Å². The lowest BCUT2D eigenvalue weighted by Gasteiger charge is -2.14. The number of halogens is 2. The highest BCUT2D eigenvalue weighted by molar-refractivity contribution is 7.09. The lowest BCUT2D eigenvalue weighted by molar-refractivity contribution is 0.0359. The lowest BCUT2D eigenvalue weighted by atomic mass is 10.3. The Morgan fingerprint density at radius 1 is 1.20 bits per heavy atom. The van der Waals surface area contributed by atoms with Gasteiger partial charge in [0, 0.05) is 11.4 Å². The Hall–Kier alpha value is -0.780. The van der Waals surface area contributed by atoms with Crippen molar-refractivity contribution in [3.05, 3.63) is 50.6 Å². The molecule has 0 saturated heterocycles. The SMILES string of the molecule is OC(CNc1c(Cl)cccc1Cl)COCc1cccs1. The third-order valence-corrected chi connectivity index (χ3v) is 4.09. The molecule has 0 saturated carbocycles. The maximum absolute atomic E-state index is 9.85. The Labute approximate surface area is 132 Å².